The van der Waals surface area contributed by atoms with Crippen molar-refractivity contribution in [3.05, 3.63) is 35.4 Å². The first-order valence-electron chi connectivity index (χ1n) is 6.33. The summed E-state index contributed by atoms with van der Waals surface area (Å²) in [5, 5.41) is 2.93. The van der Waals surface area contributed by atoms with Crippen molar-refractivity contribution in [1.82, 2.24) is 5.32 Å². The summed E-state index contributed by atoms with van der Waals surface area (Å²) in [5.74, 6) is -0.0473. The maximum absolute atomic E-state index is 11.4. The van der Waals surface area contributed by atoms with Gasteiger partial charge in [0.25, 0.3) is 0 Å². The Kier molecular flexibility index (Phi) is 4.16. The lowest BCUT2D eigenvalue weighted by Gasteiger charge is -2.18. The van der Waals surface area contributed by atoms with Gasteiger partial charge in [0.1, 0.15) is 0 Å². The summed E-state index contributed by atoms with van der Waals surface area (Å²) in [7, 11) is 1.35. The van der Waals surface area contributed by atoms with Crippen LogP contribution in [0, 0.1) is 5.92 Å². The predicted molar refractivity (Wildman–Crippen MR) is 70.4 cm³/mol. The van der Waals surface area contributed by atoms with Crippen LogP contribution in [0.25, 0.3) is 0 Å². The molecule has 0 bridgehead atoms. The summed E-state index contributed by atoms with van der Waals surface area (Å²) in [4.78, 5) is 22.8. The number of carbonyl (C=O) groups excluding carboxylic acids is 2. The molecule has 102 valence electrons. The van der Waals surface area contributed by atoms with Crippen molar-refractivity contribution in [2.24, 2.45) is 11.7 Å². The number of nitrogens with one attached hydrogen (secondary N) is 1. The number of carbonyl (C=O) groups is 2. The molecule has 1 aliphatic carbocycles. The van der Waals surface area contributed by atoms with Crippen molar-refractivity contribution in [3.8, 4) is 0 Å². The monoisotopic (exact) mass is 262 g/mol. The molecule has 1 fully saturated rings. The van der Waals surface area contributed by atoms with Crippen LogP contribution >= 0.6 is 0 Å². The number of nitrogens with two attached hydrogens (primary N) is 1. The summed E-state index contributed by atoms with van der Waals surface area (Å²) in [6.45, 7) is -0.0105. The number of esters is 1. The predicted octanol–water partition coefficient (Wildman–Crippen LogP) is 0.999. The topological polar surface area (TPSA) is 81.4 Å². The Morgan fingerprint density at radius 1 is 1.37 bits per heavy atom. The van der Waals surface area contributed by atoms with Crippen LogP contribution in [0.3, 0.4) is 0 Å². The summed E-state index contributed by atoms with van der Waals surface area (Å²) in [6.07, 6.45) is 2.21. The average Bonchev–Trinajstić information content (AvgIpc) is 3.28. The Bertz CT molecular complexity index is 466. The largest absolute Gasteiger partial charge is 0.465 e. The fourth-order valence-electron chi connectivity index (χ4n) is 2.08. The zero-order chi connectivity index (χ0) is 13.8. The van der Waals surface area contributed by atoms with E-state index in [9.17, 15) is 9.59 Å². The van der Waals surface area contributed by atoms with E-state index in [1.807, 2.05) is 12.1 Å². The molecule has 0 heterocycles. The van der Waals surface area contributed by atoms with E-state index in [2.05, 4.69) is 10.1 Å². The summed E-state index contributed by atoms with van der Waals surface area (Å²) in [6, 6.07) is 7.12. The minimum Gasteiger partial charge on any atom is -0.465 e. The van der Waals surface area contributed by atoms with E-state index >= 15 is 0 Å². The molecule has 2 rings (SSSR count). The van der Waals surface area contributed by atoms with Crippen LogP contribution < -0.4 is 11.1 Å². The van der Waals surface area contributed by atoms with Crippen LogP contribution in [0.1, 0.15) is 34.8 Å². The molecule has 5 heteroatoms. The Labute approximate surface area is 112 Å². The van der Waals surface area contributed by atoms with Gasteiger partial charge >= 0.3 is 5.97 Å². The first kappa shape index (κ1) is 13.5. The number of benzene rings is 1. The van der Waals surface area contributed by atoms with E-state index < -0.39 is 0 Å². The van der Waals surface area contributed by atoms with Crippen molar-refractivity contribution in [2.45, 2.75) is 18.9 Å². The van der Waals surface area contributed by atoms with Crippen LogP contribution in [0.4, 0.5) is 0 Å². The standard InChI is InChI=1S/C14H18N2O3/c1-19-14(18)11-6-4-10(5-7-11)13(9-2-3-9)16-12(17)8-15/h4-7,9,13H,2-3,8,15H2,1H3,(H,16,17). The fourth-order valence-corrected chi connectivity index (χ4v) is 2.08. The Hall–Kier alpha value is -1.88. The lowest BCUT2D eigenvalue weighted by Crippen LogP contribution is -2.34. The number of ether oxygens (including phenoxy) is 1. The molecule has 1 aromatic rings. The number of hydrogen-bond donors (Lipinski definition) is 2. The Morgan fingerprint density at radius 3 is 2.47 bits per heavy atom. The van der Waals surface area contributed by atoms with Gasteiger partial charge in [-0.25, -0.2) is 4.79 Å². The van der Waals surface area contributed by atoms with Gasteiger partial charge in [-0.3, -0.25) is 4.79 Å². The molecule has 1 aromatic carbocycles. The van der Waals surface area contributed by atoms with Gasteiger partial charge in [0.15, 0.2) is 0 Å². The van der Waals surface area contributed by atoms with E-state index in [1.165, 1.54) is 7.11 Å². The van der Waals surface area contributed by atoms with E-state index in [1.54, 1.807) is 12.1 Å². The molecule has 1 amide bonds. The molecule has 0 aromatic heterocycles. The van der Waals surface area contributed by atoms with Crippen molar-refractivity contribution >= 4 is 11.9 Å². The number of amides is 1. The van der Waals surface area contributed by atoms with Crippen LogP contribution in [-0.4, -0.2) is 25.5 Å². The summed E-state index contributed by atoms with van der Waals surface area (Å²) in [5.41, 5.74) is 6.83. The molecule has 0 radical (unpaired) electrons. The third-order valence-corrected chi connectivity index (χ3v) is 3.29. The summed E-state index contributed by atoms with van der Waals surface area (Å²) >= 11 is 0. The van der Waals surface area contributed by atoms with Crippen molar-refractivity contribution in [2.75, 3.05) is 13.7 Å². The van der Waals surface area contributed by atoms with Gasteiger partial charge in [-0.2, -0.15) is 0 Å². The minimum absolute atomic E-state index is 0.0105. The second kappa shape index (κ2) is 5.84. The quantitative estimate of drug-likeness (QED) is 0.776. The van der Waals surface area contributed by atoms with Gasteiger partial charge < -0.3 is 15.8 Å². The summed E-state index contributed by atoms with van der Waals surface area (Å²) < 4.78 is 4.65. The molecule has 19 heavy (non-hydrogen) atoms. The van der Waals surface area contributed by atoms with E-state index in [0.717, 1.165) is 18.4 Å². The number of hydrogen-bond acceptors (Lipinski definition) is 4. The zero-order valence-corrected chi connectivity index (χ0v) is 10.9. The Morgan fingerprint density at radius 2 is 2.00 bits per heavy atom. The van der Waals surface area contributed by atoms with Gasteiger partial charge in [-0.15, -0.1) is 0 Å². The highest BCUT2D eigenvalue weighted by Gasteiger charge is 2.33. The highest BCUT2D eigenvalue weighted by Crippen LogP contribution is 2.40. The first-order chi connectivity index (χ1) is 9.15. The fraction of sp³-hybridized carbons (Fsp3) is 0.429. The molecule has 1 unspecified atom stereocenters. The Balaban J connectivity index is 2.13. The highest BCUT2D eigenvalue weighted by molar-refractivity contribution is 5.89. The van der Waals surface area contributed by atoms with Gasteiger partial charge in [-0.05, 0) is 36.5 Å². The molecule has 0 saturated heterocycles. The molecule has 0 aliphatic heterocycles. The maximum atomic E-state index is 11.4. The lowest BCUT2D eigenvalue weighted by atomic mass is 10.0. The highest BCUT2D eigenvalue weighted by atomic mass is 16.5. The first-order valence-corrected chi connectivity index (χ1v) is 6.33. The third-order valence-electron chi connectivity index (χ3n) is 3.29. The lowest BCUT2D eigenvalue weighted by molar-refractivity contribution is -0.120. The van der Waals surface area contributed by atoms with Gasteiger partial charge in [-0.1, -0.05) is 12.1 Å². The second-order valence-corrected chi connectivity index (χ2v) is 4.70. The van der Waals surface area contributed by atoms with Gasteiger partial charge in [0.05, 0.1) is 25.3 Å². The van der Waals surface area contributed by atoms with E-state index in [-0.39, 0.29) is 24.5 Å². The molecule has 0 spiro atoms. The van der Waals surface area contributed by atoms with Gasteiger partial charge in [0.2, 0.25) is 5.91 Å². The van der Waals surface area contributed by atoms with Crippen LogP contribution in [0.15, 0.2) is 24.3 Å². The molecule has 1 aliphatic rings. The van der Waals surface area contributed by atoms with E-state index in [0.29, 0.717) is 11.5 Å². The van der Waals surface area contributed by atoms with Crippen molar-refractivity contribution < 1.29 is 14.3 Å². The van der Waals surface area contributed by atoms with Gasteiger partial charge in [0, 0.05) is 0 Å². The van der Waals surface area contributed by atoms with Crippen molar-refractivity contribution in [3.63, 3.8) is 0 Å². The number of rotatable bonds is 5. The molecule has 3 N–H and O–H groups in total. The smallest absolute Gasteiger partial charge is 0.337 e. The van der Waals surface area contributed by atoms with Crippen LogP contribution in [-0.2, 0) is 9.53 Å². The normalized spacial score (nSPS) is 15.7. The van der Waals surface area contributed by atoms with Crippen molar-refractivity contribution in [1.29, 1.82) is 0 Å². The average molecular weight is 262 g/mol. The molecular weight excluding hydrogens is 244 g/mol. The molecule has 1 atom stereocenters. The maximum Gasteiger partial charge on any atom is 0.337 e. The van der Waals surface area contributed by atoms with E-state index in [4.69, 9.17) is 5.73 Å². The third kappa shape index (κ3) is 3.32. The minimum atomic E-state index is -0.361. The molecule has 5 nitrogen and oxygen atoms in total. The zero-order valence-electron chi connectivity index (χ0n) is 10.9. The number of methoxy groups -OCH3 is 1. The SMILES string of the molecule is COC(=O)c1ccc(C(NC(=O)CN)C2CC2)cc1. The molecule has 1 saturated carbocycles. The second-order valence-electron chi connectivity index (χ2n) is 4.70. The van der Waals surface area contributed by atoms with Crippen LogP contribution in [0.2, 0.25) is 0 Å². The van der Waals surface area contributed by atoms with Crippen LogP contribution in [0.5, 0.6) is 0 Å². The molecular formula is C14H18N2O3.